The van der Waals surface area contributed by atoms with Gasteiger partial charge in [0.25, 0.3) is 0 Å². The number of benzene rings is 1. The maximum atomic E-state index is 12.4. The van der Waals surface area contributed by atoms with Crippen molar-refractivity contribution in [3.05, 3.63) is 23.8 Å². The molecule has 23 heavy (non-hydrogen) atoms. The Hall–Kier alpha value is -1.60. The zero-order valence-corrected chi connectivity index (χ0v) is 15.0. The van der Waals surface area contributed by atoms with Gasteiger partial charge in [0.2, 0.25) is 15.9 Å². The molecule has 1 aromatic carbocycles. The molecule has 0 spiro atoms. The Labute approximate surface area is 138 Å². The van der Waals surface area contributed by atoms with E-state index in [1.807, 2.05) is 4.90 Å². The Bertz CT molecular complexity index is 680. The van der Waals surface area contributed by atoms with Crippen molar-refractivity contribution in [1.82, 2.24) is 9.21 Å². The van der Waals surface area contributed by atoms with Crippen LogP contribution in [0.5, 0.6) is 0 Å². The van der Waals surface area contributed by atoms with Crippen LogP contribution < -0.4 is 5.32 Å². The van der Waals surface area contributed by atoms with Crippen molar-refractivity contribution >= 4 is 21.6 Å². The molecule has 128 valence electrons. The number of amides is 1. The number of nitrogens with one attached hydrogen (secondary N) is 1. The normalized spacial score (nSPS) is 16.7. The summed E-state index contributed by atoms with van der Waals surface area (Å²) in [5, 5.41) is 3.12. The first kappa shape index (κ1) is 17.7. The fourth-order valence-electron chi connectivity index (χ4n) is 2.69. The van der Waals surface area contributed by atoms with E-state index >= 15 is 0 Å². The fourth-order valence-corrected chi connectivity index (χ4v) is 3.83. The lowest BCUT2D eigenvalue weighted by Gasteiger charge is -2.22. The SMILES string of the molecule is Cc1ccc(N[C@H](C)C(=O)N2CCCC2)cc1S(=O)(=O)N(C)C. The van der Waals surface area contributed by atoms with Crippen molar-refractivity contribution in [2.45, 2.75) is 37.6 Å². The molecule has 0 aromatic heterocycles. The van der Waals surface area contributed by atoms with E-state index in [4.69, 9.17) is 0 Å². The second-order valence-electron chi connectivity index (χ2n) is 6.17. The summed E-state index contributed by atoms with van der Waals surface area (Å²) < 4.78 is 25.9. The minimum atomic E-state index is -3.50. The van der Waals surface area contributed by atoms with Gasteiger partial charge in [-0.05, 0) is 44.4 Å². The molecule has 1 amide bonds. The summed E-state index contributed by atoms with van der Waals surface area (Å²) >= 11 is 0. The van der Waals surface area contributed by atoms with E-state index in [1.54, 1.807) is 32.0 Å². The van der Waals surface area contributed by atoms with E-state index in [2.05, 4.69) is 5.32 Å². The summed E-state index contributed by atoms with van der Waals surface area (Å²) in [5.41, 5.74) is 1.32. The zero-order chi connectivity index (χ0) is 17.2. The molecule has 1 aliphatic heterocycles. The van der Waals surface area contributed by atoms with Gasteiger partial charge in [0.05, 0.1) is 4.90 Å². The van der Waals surface area contributed by atoms with Gasteiger partial charge in [-0.25, -0.2) is 12.7 Å². The first-order chi connectivity index (χ1) is 10.7. The Morgan fingerprint density at radius 2 is 1.87 bits per heavy atom. The molecule has 1 aliphatic rings. The van der Waals surface area contributed by atoms with Crippen molar-refractivity contribution in [3.63, 3.8) is 0 Å². The minimum Gasteiger partial charge on any atom is -0.374 e. The highest BCUT2D eigenvalue weighted by Crippen LogP contribution is 2.23. The molecule has 0 aliphatic carbocycles. The van der Waals surface area contributed by atoms with Crippen LogP contribution in [0.4, 0.5) is 5.69 Å². The molecule has 1 fully saturated rings. The Morgan fingerprint density at radius 3 is 2.43 bits per heavy atom. The highest BCUT2D eigenvalue weighted by molar-refractivity contribution is 7.89. The molecular weight excluding hydrogens is 314 g/mol. The number of hydrogen-bond donors (Lipinski definition) is 1. The predicted molar refractivity (Wildman–Crippen MR) is 91.0 cm³/mol. The summed E-state index contributed by atoms with van der Waals surface area (Å²) in [5.74, 6) is 0.0556. The average Bonchev–Trinajstić information content (AvgIpc) is 3.02. The molecular formula is C16H25N3O3S. The monoisotopic (exact) mass is 339 g/mol. The van der Waals surface area contributed by atoms with Gasteiger partial charge in [0, 0.05) is 32.9 Å². The maximum absolute atomic E-state index is 12.4. The minimum absolute atomic E-state index is 0.0556. The van der Waals surface area contributed by atoms with Gasteiger partial charge in [-0.3, -0.25) is 4.79 Å². The van der Waals surface area contributed by atoms with Crippen LogP contribution in [0, 0.1) is 6.92 Å². The van der Waals surface area contributed by atoms with Crippen LogP contribution in [0.15, 0.2) is 23.1 Å². The highest BCUT2D eigenvalue weighted by atomic mass is 32.2. The van der Waals surface area contributed by atoms with Gasteiger partial charge in [-0.1, -0.05) is 6.07 Å². The van der Waals surface area contributed by atoms with Gasteiger partial charge in [0.15, 0.2) is 0 Å². The summed E-state index contributed by atoms with van der Waals surface area (Å²) in [7, 11) is -0.487. The van der Waals surface area contributed by atoms with Crippen molar-refractivity contribution in [3.8, 4) is 0 Å². The maximum Gasteiger partial charge on any atom is 0.244 e. The molecule has 0 saturated carbocycles. The standard InChI is InChI=1S/C16H25N3O3S/c1-12-7-8-14(11-15(12)23(21,22)18(3)4)17-13(2)16(20)19-9-5-6-10-19/h7-8,11,13,17H,5-6,9-10H2,1-4H3/t13-/m1/s1. The van der Waals surface area contributed by atoms with Crippen LogP contribution in [-0.4, -0.2) is 56.8 Å². The van der Waals surface area contributed by atoms with Crippen molar-refractivity contribution in [2.75, 3.05) is 32.5 Å². The lowest BCUT2D eigenvalue weighted by Crippen LogP contribution is -2.39. The summed E-state index contributed by atoms with van der Waals surface area (Å²) in [6, 6.07) is 4.77. The zero-order valence-electron chi connectivity index (χ0n) is 14.2. The first-order valence-corrected chi connectivity index (χ1v) is 9.26. The quantitative estimate of drug-likeness (QED) is 0.886. The topological polar surface area (TPSA) is 69.7 Å². The van der Waals surface area contributed by atoms with E-state index in [-0.39, 0.29) is 16.8 Å². The van der Waals surface area contributed by atoms with Crippen molar-refractivity contribution < 1.29 is 13.2 Å². The van der Waals surface area contributed by atoms with Crippen LogP contribution in [-0.2, 0) is 14.8 Å². The highest BCUT2D eigenvalue weighted by Gasteiger charge is 2.24. The van der Waals surface area contributed by atoms with E-state index in [0.717, 1.165) is 25.9 Å². The van der Waals surface area contributed by atoms with Crippen molar-refractivity contribution in [1.29, 1.82) is 0 Å². The molecule has 1 atom stereocenters. The fraction of sp³-hybridized carbons (Fsp3) is 0.562. The third-order valence-electron chi connectivity index (χ3n) is 4.12. The summed E-state index contributed by atoms with van der Waals surface area (Å²) in [6.07, 6.45) is 2.10. The lowest BCUT2D eigenvalue weighted by atomic mass is 10.2. The van der Waals surface area contributed by atoms with E-state index < -0.39 is 10.0 Å². The molecule has 1 aromatic rings. The number of likely N-dealkylation sites (tertiary alicyclic amines) is 1. The summed E-state index contributed by atoms with van der Waals surface area (Å²) in [6.45, 7) is 5.18. The van der Waals surface area contributed by atoms with E-state index in [9.17, 15) is 13.2 Å². The van der Waals surface area contributed by atoms with Crippen molar-refractivity contribution in [2.24, 2.45) is 0 Å². The smallest absolute Gasteiger partial charge is 0.244 e. The average molecular weight is 339 g/mol. The molecule has 7 heteroatoms. The number of rotatable bonds is 5. The molecule has 0 bridgehead atoms. The molecule has 0 radical (unpaired) electrons. The summed E-state index contributed by atoms with van der Waals surface area (Å²) in [4.78, 5) is 14.5. The number of nitrogens with zero attached hydrogens (tertiary/aromatic N) is 2. The number of hydrogen-bond acceptors (Lipinski definition) is 4. The number of sulfonamides is 1. The van der Waals surface area contributed by atoms with E-state index in [0.29, 0.717) is 11.3 Å². The Kier molecular flexibility index (Phi) is 5.31. The Morgan fingerprint density at radius 1 is 1.26 bits per heavy atom. The number of anilines is 1. The molecule has 2 rings (SSSR count). The Balaban J connectivity index is 2.19. The van der Waals surface area contributed by atoms with Gasteiger partial charge >= 0.3 is 0 Å². The van der Waals surface area contributed by atoms with Gasteiger partial charge in [0.1, 0.15) is 6.04 Å². The number of aryl methyl sites for hydroxylation is 1. The lowest BCUT2D eigenvalue weighted by molar-refractivity contribution is -0.130. The second-order valence-corrected chi connectivity index (χ2v) is 8.29. The van der Waals surface area contributed by atoms with Crippen LogP contribution >= 0.6 is 0 Å². The molecule has 6 nitrogen and oxygen atoms in total. The third-order valence-corrected chi connectivity index (χ3v) is 6.08. The number of carbonyl (C=O) groups excluding carboxylic acids is 1. The van der Waals surface area contributed by atoms with Gasteiger partial charge < -0.3 is 10.2 Å². The predicted octanol–water partition coefficient (Wildman–Crippen LogP) is 1.67. The third kappa shape index (κ3) is 3.84. The molecule has 1 N–H and O–H groups in total. The van der Waals surface area contributed by atoms with Gasteiger partial charge in [-0.15, -0.1) is 0 Å². The van der Waals surface area contributed by atoms with E-state index in [1.165, 1.54) is 18.4 Å². The number of carbonyl (C=O) groups is 1. The van der Waals surface area contributed by atoms with Gasteiger partial charge in [-0.2, -0.15) is 0 Å². The molecule has 0 unspecified atom stereocenters. The molecule has 1 heterocycles. The first-order valence-electron chi connectivity index (χ1n) is 7.82. The second kappa shape index (κ2) is 6.88. The largest absolute Gasteiger partial charge is 0.374 e. The van der Waals surface area contributed by atoms with Crippen LogP contribution in [0.1, 0.15) is 25.3 Å². The van der Waals surface area contributed by atoms with Crippen LogP contribution in [0.3, 0.4) is 0 Å². The van der Waals surface area contributed by atoms with Crippen LogP contribution in [0.2, 0.25) is 0 Å². The van der Waals surface area contributed by atoms with Crippen LogP contribution in [0.25, 0.3) is 0 Å². The molecule has 1 saturated heterocycles.